The van der Waals surface area contributed by atoms with E-state index in [0.29, 0.717) is 12.5 Å². The van der Waals surface area contributed by atoms with E-state index in [1.165, 1.54) is 11.1 Å². The van der Waals surface area contributed by atoms with Gasteiger partial charge in [0.1, 0.15) is 6.54 Å². The first-order chi connectivity index (χ1) is 15.3. The van der Waals surface area contributed by atoms with E-state index in [2.05, 4.69) is 88.4 Å². The average molecular weight is 413 g/mol. The number of nitrogens with zero attached hydrogens (tertiary/aromatic N) is 4. The normalized spacial score (nSPS) is 12.6. The van der Waals surface area contributed by atoms with Gasteiger partial charge in [-0.1, -0.05) is 66.7 Å². The van der Waals surface area contributed by atoms with Gasteiger partial charge in [0.25, 0.3) is 0 Å². The summed E-state index contributed by atoms with van der Waals surface area (Å²) in [4.78, 5) is 4.75. The van der Waals surface area contributed by atoms with Crippen LogP contribution < -0.4 is 10.6 Å². The zero-order chi connectivity index (χ0) is 21.3. The predicted molar refractivity (Wildman–Crippen MR) is 125 cm³/mol. The van der Waals surface area contributed by atoms with Crippen LogP contribution in [-0.4, -0.2) is 33.6 Å². The number of pyridine rings is 1. The summed E-state index contributed by atoms with van der Waals surface area (Å²) in [5.41, 5.74) is 3.48. The fraction of sp³-hybridized carbons (Fsp3) is 0.240. The van der Waals surface area contributed by atoms with Crippen molar-refractivity contribution in [2.45, 2.75) is 25.8 Å². The number of aromatic nitrogens is 3. The molecule has 2 aromatic heterocycles. The molecule has 0 bridgehead atoms. The Balaban J connectivity index is 1.48. The first kappa shape index (κ1) is 20.6. The van der Waals surface area contributed by atoms with Crippen LogP contribution in [0, 0.1) is 0 Å². The van der Waals surface area contributed by atoms with Crippen molar-refractivity contribution in [1.29, 1.82) is 0 Å². The molecule has 2 N–H and O–H groups in total. The van der Waals surface area contributed by atoms with E-state index in [0.717, 1.165) is 36.9 Å². The first-order valence-corrected chi connectivity index (χ1v) is 10.7. The lowest BCUT2D eigenvalue weighted by atomic mass is 9.92. The van der Waals surface area contributed by atoms with E-state index < -0.39 is 0 Å². The minimum absolute atomic E-state index is 0.335. The molecule has 0 radical (unpaired) electrons. The summed E-state index contributed by atoms with van der Waals surface area (Å²) in [6, 6.07) is 27.2. The number of hydrogen-bond donors (Lipinski definition) is 2. The lowest BCUT2D eigenvalue weighted by Gasteiger charge is -2.20. The SMILES string of the molecule is CCNC(=NCc1nnc2ccccn12)NCC(Cc1ccccc1)c1ccccc1. The van der Waals surface area contributed by atoms with Gasteiger partial charge in [-0.05, 0) is 36.6 Å². The monoisotopic (exact) mass is 412 g/mol. The molecule has 0 amide bonds. The molecule has 6 nitrogen and oxygen atoms in total. The van der Waals surface area contributed by atoms with Gasteiger partial charge in [0.15, 0.2) is 17.4 Å². The van der Waals surface area contributed by atoms with Crippen LogP contribution in [-0.2, 0) is 13.0 Å². The van der Waals surface area contributed by atoms with Gasteiger partial charge in [-0.3, -0.25) is 4.40 Å². The number of hydrogen-bond acceptors (Lipinski definition) is 3. The summed E-state index contributed by atoms with van der Waals surface area (Å²) in [6.45, 7) is 4.10. The van der Waals surface area contributed by atoms with Gasteiger partial charge < -0.3 is 10.6 Å². The standard InChI is InChI=1S/C25H28N6/c1-2-26-25(28-19-24-30-29-23-15-9-10-16-31(23)24)27-18-22(21-13-7-4-8-14-21)17-20-11-5-3-6-12-20/h3-16,22H,2,17-19H2,1H3,(H2,26,27,28). The van der Waals surface area contributed by atoms with Crippen LogP contribution in [0.3, 0.4) is 0 Å². The molecule has 1 atom stereocenters. The van der Waals surface area contributed by atoms with Gasteiger partial charge in [-0.25, -0.2) is 4.99 Å². The van der Waals surface area contributed by atoms with Crippen molar-refractivity contribution in [2.24, 2.45) is 4.99 Å². The maximum atomic E-state index is 4.75. The van der Waals surface area contributed by atoms with Crippen molar-refractivity contribution in [1.82, 2.24) is 25.2 Å². The van der Waals surface area contributed by atoms with Gasteiger partial charge in [-0.2, -0.15) is 0 Å². The molecule has 0 aliphatic rings. The molecule has 0 saturated heterocycles. The Bertz CT molecular complexity index is 1100. The molecule has 0 spiro atoms. The maximum absolute atomic E-state index is 4.75. The van der Waals surface area contributed by atoms with Crippen LogP contribution >= 0.6 is 0 Å². The fourth-order valence-corrected chi connectivity index (χ4v) is 3.64. The van der Waals surface area contributed by atoms with Crippen molar-refractivity contribution in [3.05, 3.63) is 102 Å². The zero-order valence-electron chi connectivity index (χ0n) is 17.8. The Morgan fingerprint density at radius 2 is 1.65 bits per heavy atom. The second-order valence-corrected chi connectivity index (χ2v) is 7.42. The molecule has 158 valence electrons. The first-order valence-electron chi connectivity index (χ1n) is 10.7. The van der Waals surface area contributed by atoms with Gasteiger partial charge in [0.2, 0.25) is 0 Å². The third-order valence-corrected chi connectivity index (χ3v) is 5.22. The molecule has 2 heterocycles. The molecule has 31 heavy (non-hydrogen) atoms. The Labute approximate surface area is 183 Å². The molecule has 2 aromatic carbocycles. The van der Waals surface area contributed by atoms with Crippen molar-refractivity contribution in [2.75, 3.05) is 13.1 Å². The van der Waals surface area contributed by atoms with Crippen molar-refractivity contribution < 1.29 is 0 Å². The van der Waals surface area contributed by atoms with Crippen LogP contribution in [0.15, 0.2) is 90.1 Å². The van der Waals surface area contributed by atoms with Gasteiger partial charge in [0, 0.05) is 25.2 Å². The highest BCUT2D eigenvalue weighted by Gasteiger charge is 2.13. The molecule has 1 unspecified atom stereocenters. The second-order valence-electron chi connectivity index (χ2n) is 7.42. The van der Waals surface area contributed by atoms with E-state index >= 15 is 0 Å². The zero-order valence-corrected chi connectivity index (χ0v) is 17.8. The Kier molecular flexibility index (Phi) is 6.90. The molecule has 0 fully saturated rings. The average Bonchev–Trinajstić information content (AvgIpc) is 3.24. The van der Waals surface area contributed by atoms with Crippen molar-refractivity contribution >= 4 is 11.6 Å². The number of fused-ring (bicyclic) bond motifs is 1. The number of aliphatic imine (C=N–C) groups is 1. The lowest BCUT2D eigenvalue weighted by Crippen LogP contribution is -2.39. The highest BCUT2D eigenvalue weighted by Crippen LogP contribution is 2.20. The highest BCUT2D eigenvalue weighted by atomic mass is 15.3. The number of guanidine groups is 1. The second kappa shape index (κ2) is 10.4. The smallest absolute Gasteiger partial charge is 0.191 e. The summed E-state index contributed by atoms with van der Waals surface area (Å²) in [7, 11) is 0. The minimum atomic E-state index is 0.335. The van der Waals surface area contributed by atoms with E-state index in [1.807, 2.05) is 28.8 Å². The van der Waals surface area contributed by atoms with Crippen LogP contribution in [0.25, 0.3) is 5.65 Å². The predicted octanol–water partition coefficient (Wildman–Crippen LogP) is 3.81. The summed E-state index contributed by atoms with van der Waals surface area (Å²) in [5, 5.41) is 15.4. The number of rotatable bonds is 8. The fourth-order valence-electron chi connectivity index (χ4n) is 3.64. The Morgan fingerprint density at radius 3 is 2.42 bits per heavy atom. The van der Waals surface area contributed by atoms with E-state index in [9.17, 15) is 0 Å². The molecule has 4 rings (SSSR count). The van der Waals surface area contributed by atoms with Gasteiger partial charge >= 0.3 is 0 Å². The van der Waals surface area contributed by atoms with E-state index in [-0.39, 0.29) is 0 Å². The van der Waals surface area contributed by atoms with Crippen LogP contribution in [0.1, 0.15) is 29.8 Å². The largest absolute Gasteiger partial charge is 0.357 e. The topological polar surface area (TPSA) is 66.6 Å². The maximum Gasteiger partial charge on any atom is 0.191 e. The molecular weight excluding hydrogens is 384 g/mol. The van der Waals surface area contributed by atoms with E-state index in [1.54, 1.807) is 0 Å². The Hall–Kier alpha value is -3.67. The Morgan fingerprint density at radius 1 is 0.903 bits per heavy atom. The number of nitrogens with one attached hydrogen (secondary N) is 2. The summed E-state index contributed by atoms with van der Waals surface area (Å²) in [6.07, 6.45) is 2.93. The summed E-state index contributed by atoms with van der Waals surface area (Å²) in [5.74, 6) is 1.93. The van der Waals surface area contributed by atoms with Crippen LogP contribution in [0.2, 0.25) is 0 Å². The van der Waals surface area contributed by atoms with Crippen molar-refractivity contribution in [3.8, 4) is 0 Å². The van der Waals surface area contributed by atoms with Crippen LogP contribution in [0.4, 0.5) is 0 Å². The van der Waals surface area contributed by atoms with Gasteiger partial charge in [-0.15, -0.1) is 10.2 Å². The summed E-state index contributed by atoms with van der Waals surface area (Å²) >= 11 is 0. The molecule has 0 saturated carbocycles. The van der Waals surface area contributed by atoms with E-state index in [4.69, 9.17) is 4.99 Å². The van der Waals surface area contributed by atoms with Gasteiger partial charge in [0.05, 0.1) is 0 Å². The summed E-state index contributed by atoms with van der Waals surface area (Å²) < 4.78 is 1.97. The molecule has 0 aliphatic heterocycles. The van der Waals surface area contributed by atoms with Crippen LogP contribution in [0.5, 0.6) is 0 Å². The molecule has 6 heteroatoms. The van der Waals surface area contributed by atoms with Crippen molar-refractivity contribution in [3.63, 3.8) is 0 Å². The lowest BCUT2D eigenvalue weighted by molar-refractivity contribution is 0.644. The third kappa shape index (κ3) is 5.48. The number of benzene rings is 2. The quantitative estimate of drug-likeness (QED) is 0.341. The molecule has 4 aromatic rings. The molecule has 0 aliphatic carbocycles. The molecular formula is C25H28N6. The minimum Gasteiger partial charge on any atom is -0.357 e. The highest BCUT2D eigenvalue weighted by molar-refractivity contribution is 5.79. The third-order valence-electron chi connectivity index (χ3n) is 5.22.